The van der Waals surface area contributed by atoms with Gasteiger partial charge < -0.3 is 19.5 Å². The predicted molar refractivity (Wildman–Crippen MR) is 176 cm³/mol. The molecule has 10 heteroatoms. The van der Waals surface area contributed by atoms with Gasteiger partial charge in [-0.2, -0.15) is 0 Å². The van der Waals surface area contributed by atoms with Gasteiger partial charge in [-0.3, -0.25) is 9.48 Å². The zero-order valence-electron chi connectivity index (χ0n) is 24.6. The Balaban J connectivity index is 1.28. The first-order valence-corrected chi connectivity index (χ1v) is 18.9. The number of rotatable bonds is 9. The number of amides is 1. The van der Waals surface area contributed by atoms with Crippen molar-refractivity contribution in [2.45, 2.75) is 62.7 Å². The van der Waals surface area contributed by atoms with Crippen molar-refractivity contribution >= 4 is 42.5 Å². The molecule has 2 aliphatic rings. The van der Waals surface area contributed by atoms with Crippen LogP contribution in [0.3, 0.4) is 0 Å². The number of halogens is 1. The average molecular weight is 709 g/mol. The van der Waals surface area contributed by atoms with Crippen molar-refractivity contribution in [3.63, 3.8) is 0 Å². The summed E-state index contributed by atoms with van der Waals surface area (Å²) < 4.78 is 9.85. The molecule has 3 heterocycles. The Morgan fingerprint density at radius 2 is 1.74 bits per heavy atom. The van der Waals surface area contributed by atoms with E-state index < -0.39 is 13.9 Å². The van der Waals surface area contributed by atoms with Crippen molar-refractivity contribution in [2.24, 2.45) is 5.92 Å². The molecule has 1 aromatic heterocycles. The third kappa shape index (κ3) is 5.48. The number of aromatic nitrogens is 3. The van der Waals surface area contributed by atoms with Gasteiger partial charge in [-0.15, -0.1) is 5.10 Å². The van der Waals surface area contributed by atoms with E-state index in [9.17, 15) is 14.7 Å². The molecule has 2 N–H and O–H groups in total. The van der Waals surface area contributed by atoms with Gasteiger partial charge in [-0.25, -0.2) is 0 Å². The number of ether oxygens (including phenoxy) is 1. The van der Waals surface area contributed by atoms with Crippen molar-refractivity contribution in [1.29, 1.82) is 0 Å². The zero-order valence-corrected chi connectivity index (χ0v) is 27.8. The highest BCUT2D eigenvalue weighted by Gasteiger charge is 2.66. The number of aryl methyl sites for hydroxylation is 1. The second-order valence-electron chi connectivity index (χ2n) is 12.2. The molecule has 5 atom stereocenters. The second-order valence-corrected chi connectivity index (χ2v) is 17.5. The number of carbonyl (C=O) groups excluding carboxylic acids is 1. The number of fused-ring (bicyclic) bond motifs is 2. The number of nitrogens with zero attached hydrogens (tertiary/aromatic N) is 4. The van der Waals surface area contributed by atoms with Crippen molar-refractivity contribution in [1.82, 2.24) is 15.0 Å². The first-order valence-electron chi connectivity index (χ1n) is 14.8. The molecule has 1 spiro atoms. The number of aliphatic hydroxyl groups is 1. The van der Waals surface area contributed by atoms with E-state index >= 15 is 0 Å². The monoisotopic (exact) mass is 708 g/mol. The highest BCUT2D eigenvalue weighted by Crippen LogP contribution is 2.59. The summed E-state index contributed by atoms with van der Waals surface area (Å²) in [5.41, 5.74) is 3.14. The quantitative estimate of drug-likeness (QED) is 0.178. The molecule has 43 heavy (non-hydrogen) atoms. The minimum absolute atomic E-state index is 0.0674. The molecule has 1 amide bonds. The van der Waals surface area contributed by atoms with E-state index in [2.05, 4.69) is 64.1 Å². The number of aliphatic hydroxyl groups excluding tert-OH is 1. The minimum atomic E-state index is -2.77. The van der Waals surface area contributed by atoms with Crippen LogP contribution in [0.5, 0.6) is 0 Å². The highest BCUT2D eigenvalue weighted by atomic mass is 127. The van der Waals surface area contributed by atoms with E-state index in [1.54, 1.807) is 4.68 Å². The zero-order chi connectivity index (χ0) is 30.4. The summed E-state index contributed by atoms with van der Waals surface area (Å²) in [6, 6.07) is 25.9. The van der Waals surface area contributed by atoms with E-state index in [1.807, 2.05) is 78.8 Å². The molecule has 4 aromatic rings. The Hall–Kier alpha value is -2.90. The van der Waals surface area contributed by atoms with E-state index in [0.29, 0.717) is 25.2 Å². The molecule has 0 radical (unpaired) electrons. The van der Waals surface area contributed by atoms with Gasteiger partial charge in [0.15, 0.2) is 13.9 Å². The van der Waals surface area contributed by atoms with Gasteiger partial charge in [0.1, 0.15) is 0 Å². The molecule has 0 aliphatic carbocycles. The summed E-state index contributed by atoms with van der Waals surface area (Å²) in [6.45, 7) is 6.85. The number of benzene rings is 3. The maximum atomic E-state index is 14.5. The lowest BCUT2D eigenvalue weighted by molar-refractivity contribution is -0.146. The van der Waals surface area contributed by atoms with Crippen LogP contribution in [0.1, 0.15) is 41.6 Å². The lowest BCUT2D eigenvalue weighted by Crippen LogP contribution is -2.46. The van der Waals surface area contributed by atoms with Crippen LogP contribution >= 0.6 is 22.6 Å². The lowest BCUT2D eigenvalue weighted by Gasteiger charge is -2.32. The molecule has 0 saturated carbocycles. The molecule has 224 valence electrons. The Morgan fingerprint density at radius 3 is 2.44 bits per heavy atom. The second kappa shape index (κ2) is 11.9. The number of para-hydroxylation sites is 1. The molecular formula is C33H37IN4O4Si. The molecule has 1 unspecified atom stereocenters. The fraction of sp³-hybridized carbons (Fsp3) is 0.364. The summed E-state index contributed by atoms with van der Waals surface area (Å²) in [5, 5.41) is 18.8. The molecule has 1 fully saturated rings. The summed E-state index contributed by atoms with van der Waals surface area (Å²) in [6.07, 6.45) is 2.10. The Bertz CT molecular complexity index is 1590. The standard InChI is InChI=1S/C33H37IN4O4Si/c1-22-31(43(2,3)41)30(17-18-37-20-28(35-36-37)26(21-39)24-9-5-4-6-10-24)42-33(22)27-11-7-8-12-29(27)38(32(33)40)19-23-13-15-25(34)16-14-23/h4-16,20,22,26,30-31,39,41H,17-19,21H2,1-3H3/t22-,26?,30+,31-,33+/m0/s1. The fourth-order valence-electron chi connectivity index (χ4n) is 7.13. The summed E-state index contributed by atoms with van der Waals surface area (Å²) in [4.78, 5) is 27.9. The van der Waals surface area contributed by atoms with Gasteiger partial charge in [0.25, 0.3) is 5.91 Å². The Kier molecular flexibility index (Phi) is 8.33. The normalized spacial score (nSPS) is 24.1. The predicted octanol–water partition coefficient (Wildman–Crippen LogP) is 5.44. The smallest absolute Gasteiger partial charge is 0.264 e. The first kappa shape index (κ1) is 30.1. The van der Waals surface area contributed by atoms with Crippen molar-refractivity contribution in [2.75, 3.05) is 11.5 Å². The maximum absolute atomic E-state index is 14.5. The van der Waals surface area contributed by atoms with Gasteiger partial charge >= 0.3 is 0 Å². The van der Waals surface area contributed by atoms with Crippen LogP contribution in [0.15, 0.2) is 85.1 Å². The van der Waals surface area contributed by atoms with E-state index in [1.165, 1.54) is 0 Å². The van der Waals surface area contributed by atoms with E-state index in [0.717, 1.165) is 25.9 Å². The van der Waals surface area contributed by atoms with Crippen LogP contribution in [0.4, 0.5) is 5.69 Å². The Labute approximate surface area is 267 Å². The summed E-state index contributed by atoms with van der Waals surface area (Å²) in [7, 11) is -2.77. The van der Waals surface area contributed by atoms with Gasteiger partial charge in [-0.05, 0) is 71.4 Å². The lowest BCUT2D eigenvalue weighted by atomic mass is 9.82. The maximum Gasteiger partial charge on any atom is 0.264 e. The van der Waals surface area contributed by atoms with Gasteiger partial charge in [0.2, 0.25) is 0 Å². The van der Waals surface area contributed by atoms with Crippen LogP contribution in [0.2, 0.25) is 18.6 Å². The average Bonchev–Trinajstić information content (AvgIpc) is 3.65. The largest absolute Gasteiger partial charge is 0.432 e. The summed E-state index contributed by atoms with van der Waals surface area (Å²) >= 11 is 2.28. The fourth-order valence-corrected chi connectivity index (χ4v) is 10.1. The van der Waals surface area contributed by atoms with Crippen molar-refractivity contribution in [3.05, 3.63) is 111 Å². The van der Waals surface area contributed by atoms with Crippen LogP contribution in [0, 0.1) is 9.49 Å². The third-order valence-corrected chi connectivity index (χ3v) is 12.3. The number of carbonyl (C=O) groups is 1. The van der Waals surface area contributed by atoms with Crippen molar-refractivity contribution < 1.29 is 19.4 Å². The topological polar surface area (TPSA) is 101 Å². The molecule has 6 rings (SSSR count). The number of hydrogen-bond donors (Lipinski definition) is 2. The first-order chi connectivity index (χ1) is 20.6. The molecule has 0 bridgehead atoms. The van der Waals surface area contributed by atoms with Gasteiger partial charge in [0.05, 0.1) is 36.6 Å². The van der Waals surface area contributed by atoms with Crippen molar-refractivity contribution in [3.8, 4) is 0 Å². The molecule has 8 nitrogen and oxygen atoms in total. The number of anilines is 1. The minimum Gasteiger partial charge on any atom is -0.432 e. The van der Waals surface area contributed by atoms with E-state index in [4.69, 9.17) is 4.74 Å². The molecule has 2 aliphatic heterocycles. The van der Waals surface area contributed by atoms with Crippen LogP contribution in [-0.2, 0) is 28.2 Å². The van der Waals surface area contributed by atoms with Gasteiger partial charge in [0, 0.05) is 33.3 Å². The Morgan fingerprint density at radius 1 is 1.05 bits per heavy atom. The number of hydrogen-bond acceptors (Lipinski definition) is 6. The third-order valence-electron chi connectivity index (χ3n) is 9.09. The highest BCUT2D eigenvalue weighted by molar-refractivity contribution is 14.1. The molecule has 3 aromatic carbocycles. The SMILES string of the molecule is C[C@H]1[C@H]([Si](C)(C)O)[C@@H](CCn2cc(C(CO)c3ccccc3)nn2)O[C@]12C(=O)N(Cc1ccc(I)cc1)c1ccccc12. The van der Waals surface area contributed by atoms with Gasteiger partial charge in [-0.1, -0.05) is 72.8 Å². The summed E-state index contributed by atoms with van der Waals surface area (Å²) in [5.74, 6) is -0.547. The molecular weight excluding hydrogens is 671 g/mol. The van der Waals surface area contributed by atoms with E-state index in [-0.39, 0.29) is 36.0 Å². The molecule has 1 saturated heterocycles. The van der Waals surface area contributed by atoms with Crippen LogP contribution in [0.25, 0.3) is 0 Å². The van der Waals surface area contributed by atoms with Crippen LogP contribution in [-0.4, -0.2) is 51.8 Å². The van der Waals surface area contributed by atoms with Crippen LogP contribution < -0.4 is 4.90 Å².